The fourth-order valence-electron chi connectivity index (χ4n) is 4.34. The fraction of sp³-hybridized carbons (Fsp3) is 0.414. The van der Waals surface area contributed by atoms with E-state index in [1.165, 1.54) is 0 Å². The second-order valence-corrected chi connectivity index (χ2v) is 9.67. The highest BCUT2D eigenvalue weighted by molar-refractivity contribution is 5.91. The van der Waals surface area contributed by atoms with Gasteiger partial charge in [-0.3, -0.25) is 4.79 Å². The van der Waals surface area contributed by atoms with Gasteiger partial charge in [-0.05, 0) is 63.3 Å². The minimum Gasteiger partial charge on any atom is -0.392 e. The van der Waals surface area contributed by atoms with Crippen molar-refractivity contribution in [3.8, 4) is 22.6 Å². The van der Waals surface area contributed by atoms with E-state index >= 15 is 0 Å². The van der Waals surface area contributed by atoms with E-state index in [1.807, 2.05) is 54.6 Å². The molecule has 1 unspecified atom stereocenters. The number of hydrogen-bond acceptors (Lipinski definition) is 7. The third-order valence-electron chi connectivity index (χ3n) is 6.32. The van der Waals surface area contributed by atoms with E-state index in [-0.39, 0.29) is 18.6 Å². The molecule has 3 aromatic rings. The molecule has 1 fully saturated rings. The smallest absolute Gasteiger partial charge is 0.224 e. The lowest BCUT2D eigenvalue weighted by atomic mass is 10.1. The minimum atomic E-state index is -0.175. The summed E-state index contributed by atoms with van der Waals surface area (Å²) in [7, 11) is 4.13. The lowest BCUT2D eigenvalue weighted by Gasteiger charge is -2.24. The van der Waals surface area contributed by atoms with Gasteiger partial charge in [-0.15, -0.1) is 0 Å². The van der Waals surface area contributed by atoms with E-state index in [2.05, 4.69) is 29.6 Å². The molecule has 0 saturated carbocycles. The lowest BCUT2D eigenvalue weighted by molar-refractivity contribution is -0.116. The number of aliphatic hydroxyl groups excluding tert-OH is 1. The van der Waals surface area contributed by atoms with Gasteiger partial charge >= 0.3 is 0 Å². The standard InChI is InChI=1S/C29H37N5O3/c1-34(2)14-5-3-4-12-28(36)31-24-11-7-10-23(17-24)29-32-25(22-9-6-8-21(16-22)20-35)18-26(33-29)27-19-30-13-15-37-27/h6-11,16-18,27,30,35H,3-5,12-15,19-20H2,1-2H3,(H,31,36). The molecule has 4 rings (SSSR count). The number of rotatable bonds is 11. The van der Waals surface area contributed by atoms with Crippen molar-refractivity contribution in [3.05, 3.63) is 65.9 Å². The van der Waals surface area contributed by atoms with Gasteiger partial charge in [0.25, 0.3) is 0 Å². The van der Waals surface area contributed by atoms with Crippen molar-refractivity contribution in [2.24, 2.45) is 0 Å². The number of carbonyl (C=O) groups is 1. The van der Waals surface area contributed by atoms with Crippen LogP contribution < -0.4 is 10.6 Å². The van der Waals surface area contributed by atoms with Crippen LogP contribution in [0.15, 0.2) is 54.6 Å². The molecule has 1 aromatic heterocycles. The summed E-state index contributed by atoms with van der Waals surface area (Å²) < 4.78 is 5.98. The fourth-order valence-corrected chi connectivity index (χ4v) is 4.34. The molecule has 0 bridgehead atoms. The SMILES string of the molecule is CN(C)CCCCCC(=O)Nc1cccc(-c2nc(-c3cccc(CO)c3)cc(C3CNCCO3)n2)c1. The number of anilines is 1. The molecule has 0 radical (unpaired) electrons. The van der Waals surface area contributed by atoms with Crippen molar-refractivity contribution < 1.29 is 14.6 Å². The summed E-state index contributed by atoms with van der Waals surface area (Å²) in [4.78, 5) is 24.4. The number of aromatic nitrogens is 2. The van der Waals surface area contributed by atoms with Crippen LogP contribution in [0.1, 0.15) is 43.0 Å². The van der Waals surface area contributed by atoms with E-state index in [4.69, 9.17) is 14.7 Å². The number of hydrogen-bond donors (Lipinski definition) is 3. The first-order valence-corrected chi connectivity index (χ1v) is 13.0. The van der Waals surface area contributed by atoms with E-state index in [1.54, 1.807) is 0 Å². The number of carbonyl (C=O) groups excluding carboxylic acids is 1. The number of benzene rings is 2. The van der Waals surface area contributed by atoms with Crippen LogP contribution in [0.2, 0.25) is 0 Å². The molecule has 1 aliphatic heterocycles. The van der Waals surface area contributed by atoms with E-state index in [9.17, 15) is 9.90 Å². The number of aliphatic hydroxyl groups is 1. The number of ether oxygens (including phenoxy) is 1. The molecule has 1 saturated heterocycles. The highest BCUT2D eigenvalue weighted by atomic mass is 16.5. The molecule has 196 valence electrons. The topological polar surface area (TPSA) is 99.6 Å². The first-order chi connectivity index (χ1) is 18.0. The zero-order valence-corrected chi connectivity index (χ0v) is 21.7. The Hall–Kier alpha value is -3.17. The van der Waals surface area contributed by atoms with E-state index in [0.717, 1.165) is 66.1 Å². The van der Waals surface area contributed by atoms with Gasteiger partial charge < -0.3 is 25.4 Å². The van der Waals surface area contributed by atoms with Crippen LogP contribution in [-0.4, -0.2) is 66.2 Å². The van der Waals surface area contributed by atoms with Crippen LogP contribution in [0.25, 0.3) is 22.6 Å². The zero-order chi connectivity index (χ0) is 26.0. The molecular weight excluding hydrogens is 466 g/mol. The number of nitrogens with one attached hydrogen (secondary N) is 2. The number of amides is 1. The van der Waals surface area contributed by atoms with Crippen molar-refractivity contribution in [1.82, 2.24) is 20.2 Å². The van der Waals surface area contributed by atoms with Crippen LogP contribution in [0.4, 0.5) is 5.69 Å². The van der Waals surface area contributed by atoms with Crippen molar-refractivity contribution in [2.75, 3.05) is 45.7 Å². The molecule has 8 nitrogen and oxygen atoms in total. The Morgan fingerprint density at radius 2 is 1.92 bits per heavy atom. The molecule has 1 amide bonds. The summed E-state index contributed by atoms with van der Waals surface area (Å²) in [5, 5.41) is 16.0. The summed E-state index contributed by atoms with van der Waals surface area (Å²) in [5.41, 5.74) is 4.82. The predicted molar refractivity (Wildman–Crippen MR) is 146 cm³/mol. The average molecular weight is 504 g/mol. The van der Waals surface area contributed by atoms with Crippen molar-refractivity contribution >= 4 is 11.6 Å². The number of unbranched alkanes of at least 4 members (excludes halogenated alkanes) is 2. The van der Waals surface area contributed by atoms with Crippen LogP contribution >= 0.6 is 0 Å². The Labute approximate surface area is 219 Å². The van der Waals surface area contributed by atoms with Gasteiger partial charge in [0.15, 0.2) is 5.82 Å². The Kier molecular flexibility index (Phi) is 9.73. The zero-order valence-electron chi connectivity index (χ0n) is 21.7. The van der Waals surface area contributed by atoms with Gasteiger partial charge in [-0.1, -0.05) is 36.8 Å². The third kappa shape index (κ3) is 7.90. The quantitative estimate of drug-likeness (QED) is 0.340. The van der Waals surface area contributed by atoms with Gasteiger partial charge in [0.05, 0.1) is 24.6 Å². The monoisotopic (exact) mass is 503 g/mol. The Morgan fingerprint density at radius 3 is 2.70 bits per heavy atom. The Bertz CT molecular complexity index is 1180. The maximum atomic E-state index is 12.5. The normalized spacial score (nSPS) is 15.6. The van der Waals surface area contributed by atoms with Crippen LogP contribution in [0, 0.1) is 0 Å². The van der Waals surface area contributed by atoms with Crippen LogP contribution in [0.3, 0.4) is 0 Å². The summed E-state index contributed by atoms with van der Waals surface area (Å²) >= 11 is 0. The molecule has 8 heteroatoms. The largest absolute Gasteiger partial charge is 0.392 e. The molecular formula is C29H37N5O3. The van der Waals surface area contributed by atoms with Gasteiger partial charge in [0.1, 0.15) is 6.10 Å². The molecule has 2 aromatic carbocycles. The molecule has 1 atom stereocenters. The molecule has 0 spiro atoms. The molecule has 1 aliphatic rings. The summed E-state index contributed by atoms with van der Waals surface area (Å²) in [5.74, 6) is 0.579. The lowest BCUT2D eigenvalue weighted by Crippen LogP contribution is -2.33. The molecule has 0 aliphatic carbocycles. The highest BCUT2D eigenvalue weighted by Crippen LogP contribution is 2.28. The van der Waals surface area contributed by atoms with Gasteiger partial charge in [0.2, 0.25) is 5.91 Å². The van der Waals surface area contributed by atoms with Crippen molar-refractivity contribution in [3.63, 3.8) is 0 Å². The average Bonchev–Trinajstić information content (AvgIpc) is 2.93. The van der Waals surface area contributed by atoms with E-state index < -0.39 is 0 Å². The molecule has 3 N–H and O–H groups in total. The van der Waals surface area contributed by atoms with Crippen LogP contribution in [0.5, 0.6) is 0 Å². The summed E-state index contributed by atoms with van der Waals surface area (Å²) in [6.45, 7) is 3.12. The third-order valence-corrected chi connectivity index (χ3v) is 6.32. The summed E-state index contributed by atoms with van der Waals surface area (Å²) in [6, 6.07) is 17.3. The van der Waals surface area contributed by atoms with Gasteiger partial charge in [-0.25, -0.2) is 9.97 Å². The Balaban J connectivity index is 1.55. The maximum Gasteiger partial charge on any atom is 0.224 e. The predicted octanol–water partition coefficient (Wildman–Crippen LogP) is 4.02. The first-order valence-electron chi connectivity index (χ1n) is 13.0. The Morgan fingerprint density at radius 1 is 1.08 bits per heavy atom. The summed E-state index contributed by atoms with van der Waals surface area (Å²) in [6.07, 6.45) is 3.32. The van der Waals surface area contributed by atoms with Crippen molar-refractivity contribution in [2.45, 2.75) is 38.4 Å². The van der Waals surface area contributed by atoms with Gasteiger partial charge in [0, 0.05) is 36.3 Å². The first kappa shape index (κ1) is 26.9. The minimum absolute atomic E-state index is 0.0138. The van der Waals surface area contributed by atoms with Crippen molar-refractivity contribution in [1.29, 1.82) is 0 Å². The van der Waals surface area contributed by atoms with Crippen LogP contribution in [-0.2, 0) is 16.1 Å². The maximum absolute atomic E-state index is 12.5. The van der Waals surface area contributed by atoms with Gasteiger partial charge in [-0.2, -0.15) is 0 Å². The second kappa shape index (κ2) is 13.4. The molecule has 37 heavy (non-hydrogen) atoms. The highest BCUT2D eigenvalue weighted by Gasteiger charge is 2.20. The number of nitrogens with zero attached hydrogens (tertiary/aromatic N) is 3. The van der Waals surface area contributed by atoms with E-state index in [0.29, 0.717) is 25.4 Å². The second-order valence-electron chi connectivity index (χ2n) is 9.67. The number of morpholine rings is 1. The molecule has 2 heterocycles.